The minimum absolute atomic E-state index is 0.0114. The molecule has 21 heavy (non-hydrogen) atoms. The number of rotatable bonds is 3. The second-order valence-corrected chi connectivity index (χ2v) is 5.55. The Bertz CT molecular complexity index is 597. The Hall–Kier alpha value is -2.13. The summed E-state index contributed by atoms with van der Waals surface area (Å²) in [6.07, 6.45) is 0.771. The molecule has 1 aliphatic heterocycles. The molecule has 1 aliphatic rings. The number of carbonyl (C=O) groups is 1. The Morgan fingerprint density at radius 1 is 0.952 bits per heavy atom. The topological polar surface area (TPSA) is 52.2 Å². The first-order valence-electron chi connectivity index (χ1n) is 7.30. The Morgan fingerprint density at radius 2 is 1.52 bits per heavy atom. The van der Waals surface area contributed by atoms with Crippen LogP contribution in [-0.2, 0) is 4.79 Å². The number of piperidine rings is 1. The maximum atomic E-state index is 11.4. The molecule has 0 amide bonds. The average Bonchev–Trinajstić information content (AvgIpc) is 2.56. The lowest BCUT2D eigenvalue weighted by molar-refractivity contribution is -0.312. The van der Waals surface area contributed by atoms with Gasteiger partial charge in [-0.05, 0) is 23.5 Å². The van der Waals surface area contributed by atoms with Gasteiger partial charge in [-0.2, -0.15) is 0 Å². The fourth-order valence-electron chi connectivity index (χ4n) is 3.17. The summed E-state index contributed by atoms with van der Waals surface area (Å²) in [7, 11) is 0. The van der Waals surface area contributed by atoms with Crippen LogP contribution in [0.15, 0.2) is 60.7 Å². The van der Waals surface area contributed by atoms with Gasteiger partial charge < -0.3 is 15.2 Å². The van der Waals surface area contributed by atoms with Crippen LogP contribution in [0.25, 0.3) is 0 Å². The van der Waals surface area contributed by atoms with Gasteiger partial charge in [0.15, 0.2) is 0 Å². The van der Waals surface area contributed by atoms with E-state index in [1.165, 1.54) is 5.56 Å². The maximum absolute atomic E-state index is 11.4. The molecule has 2 aromatic carbocycles. The molecule has 2 aromatic rings. The van der Waals surface area contributed by atoms with Crippen LogP contribution in [0.2, 0.25) is 0 Å². The van der Waals surface area contributed by atoms with Crippen LogP contribution in [0.1, 0.15) is 29.5 Å². The highest BCUT2D eigenvalue weighted by Crippen LogP contribution is 2.37. The number of hydrogen-bond donors (Lipinski definition) is 1. The molecular formula is C18H18NO2-. The number of carboxylic acids is 1. The van der Waals surface area contributed by atoms with Crippen molar-refractivity contribution in [1.29, 1.82) is 0 Å². The summed E-state index contributed by atoms with van der Waals surface area (Å²) >= 11 is 0. The summed E-state index contributed by atoms with van der Waals surface area (Å²) < 4.78 is 0. The van der Waals surface area contributed by atoms with Gasteiger partial charge in [0.05, 0.1) is 0 Å². The molecule has 0 saturated carbocycles. The van der Waals surface area contributed by atoms with Gasteiger partial charge >= 0.3 is 0 Å². The van der Waals surface area contributed by atoms with Crippen molar-refractivity contribution >= 4 is 5.97 Å². The third-order valence-electron chi connectivity index (χ3n) is 4.29. The van der Waals surface area contributed by atoms with E-state index in [2.05, 4.69) is 17.4 Å². The minimum Gasteiger partial charge on any atom is -0.550 e. The molecule has 0 aromatic heterocycles. The van der Waals surface area contributed by atoms with Crippen molar-refractivity contribution in [2.24, 2.45) is 5.92 Å². The molecule has 3 unspecified atom stereocenters. The first-order chi connectivity index (χ1) is 10.3. The number of carboxylic acid groups (broad SMARTS) is 1. The molecule has 0 radical (unpaired) electrons. The van der Waals surface area contributed by atoms with Crippen molar-refractivity contribution in [3.05, 3.63) is 71.8 Å². The number of aliphatic carboxylic acids is 1. The Morgan fingerprint density at radius 3 is 2.10 bits per heavy atom. The van der Waals surface area contributed by atoms with E-state index in [9.17, 15) is 9.90 Å². The van der Waals surface area contributed by atoms with E-state index < -0.39 is 11.9 Å². The number of carbonyl (C=O) groups excluding carboxylic acids is 1. The van der Waals surface area contributed by atoms with Crippen LogP contribution < -0.4 is 10.4 Å². The molecule has 3 atom stereocenters. The van der Waals surface area contributed by atoms with Gasteiger partial charge in [0.2, 0.25) is 0 Å². The predicted octanol–water partition coefficient (Wildman–Crippen LogP) is 1.87. The smallest absolute Gasteiger partial charge is 0.0464 e. The van der Waals surface area contributed by atoms with Crippen LogP contribution in [0.3, 0.4) is 0 Å². The zero-order valence-corrected chi connectivity index (χ0v) is 11.7. The normalized spacial score (nSPS) is 25.4. The molecule has 1 N–H and O–H groups in total. The lowest BCUT2D eigenvalue weighted by Gasteiger charge is -2.38. The van der Waals surface area contributed by atoms with Crippen molar-refractivity contribution < 1.29 is 9.90 Å². The fourth-order valence-corrected chi connectivity index (χ4v) is 3.17. The first kappa shape index (κ1) is 13.8. The van der Waals surface area contributed by atoms with E-state index >= 15 is 0 Å². The lowest BCUT2D eigenvalue weighted by atomic mass is 9.77. The quantitative estimate of drug-likeness (QED) is 0.934. The Labute approximate surface area is 124 Å². The Balaban J connectivity index is 1.87. The van der Waals surface area contributed by atoms with Crippen LogP contribution in [0, 0.1) is 5.92 Å². The van der Waals surface area contributed by atoms with E-state index in [0.29, 0.717) is 6.54 Å². The van der Waals surface area contributed by atoms with Crippen LogP contribution in [0.5, 0.6) is 0 Å². The van der Waals surface area contributed by atoms with Gasteiger partial charge in [-0.25, -0.2) is 0 Å². The van der Waals surface area contributed by atoms with Gasteiger partial charge in [0.1, 0.15) is 0 Å². The summed E-state index contributed by atoms with van der Waals surface area (Å²) in [5, 5.41) is 14.8. The van der Waals surface area contributed by atoms with E-state index in [-0.39, 0.29) is 12.0 Å². The van der Waals surface area contributed by atoms with Crippen molar-refractivity contribution in [2.45, 2.75) is 18.4 Å². The third kappa shape index (κ3) is 2.98. The van der Waals surface area contributed by atoms with Crippen LogP contribution in [-0.4, -0.2) is 12.5 Å². The van der Waals surface area contributed by atoms with Crippen molar-refractivity contribution in [2.75, 3.05) is 6.54 Å². The maximum Gasteiger partial charge on any atom is 0.0464 e. The average molecular weight is 280 g/mol. The van der Waals surface area contributed by atoms with Crippen LogP contribution in [0.4, 0.5) is 0 Å². The van der Waals surface area contributed by atoms with E-state index in [1.807, 2.05) is 48.5 Å². The second-order valence-electron chi connectivity index (χ2n) is 5.55. The summed E-state index contributed by atoms with van der Waals surface area (Å²) in [4.78, 5) is 11.4. The lowest BCUT2D eigenvalue weighted by Crippen LogP contribution is -2.46. The molecule has 108 valence electrons. The fraction of sp³-hybridized carbons (Fsp3) is 0.278. The van der Waals surface area contributed by atoms with Crippen LogP contribution >= 0.6 is 0 Å². The van der Waals surface area contributed by atoms with Gasteiger partial charge in [-0.1, -0.05) is 60.7 Å². The monoisotopic (exact) mass is 280 g/mol. The van der Waals surface area contributed by atoms with E-state index in [0.717, 1.165) is 12.0 Å². The van der Waals surface area contributed by atoms with Gasteiger partial charge in [0, 0.05) is 24.5 Å². The molecule has 3 nitrogen and oxygen atoms in total. The SMILES string of the molecule is O=C([O-])C1CNC(c2ccccc2)CC1c1ccccc1. The summed E-state index contributed by atoms with van der Waals surface area (Å²) in [5.74, 6) is -1.46. The Kier molecular flexibility index (Phi) is 4.02. The highest BCUT2D eigenvalue weighted by molar-refractivity contribution is 5.69. The summed E-state index contributed by atoms with van der Waals surface area (Å²) in [6, 6.07) is 20.3. The predicted molar refractivity (Wildman–Crippen MR) is 79.5 cm³/mol. The van der Waals surface area contributed by atoms with Crippen molar-refractivity contribution in [1.82, 2.24) is 5.32 Å². The minimum atomic E-state index is -0.970. The molecule has 0 spiro atoms. The first-order valence-corrected chi connectivity index (χ1v) is 7.30. The molecule has 0 aliphatic carbocycles. The zero-order valence-electron chi connectivity index (χ0n) is 11.7. The van der Waals surface area contributed by atoms with Gasteiger partial charge in [0.25, 0.3) is 0 Å². The molecular weight excluding hydrogens is 262 g/mol. The molecule has 0 bridgehead atoms. The molecule has 1 fully saturated rings. The van der Waals surface area contributed by atoms with Crippen molar-refractivity contribution in [3.8, 4) is 0 Å². The molecule has 3 heteroatoms. The number of nitrogens with one attached hydrogen (secondary N) is 1. The summed E-state index contributed by atoms with van der Waals surface area (Å²) in [6.45, 7) is 0.446. The second kappa shape index (κ2) is 6.10. The standard InChI is InChI=1S/C18H19NO2/c20-18(21)16-12-19-17(14-9-5-2-6-10-14)11-15(16)13-7-3-1-4-8-13/h1-10,15-17,19H,11-12H2,(H,20,21)/p-1. The van der Waals surface area contributed by atoms with Gasteiger partial charge in [-0.3, -0.25) is 0 Å². The highest BCUT2D eigenvalue weighted by Gasteiger charge is 2.32. The van der Waals surface area contributed by atoms with Gasteiger partial charge in [-0.15, -0.1) is 0 Å². The van der Waals surface area contributed by atoms with E-state index in [4.69, 9.17) is 0 Å². The zero-order chi connectivity index (χ0) is 14.7. The molecule has 3 rings (SSSR count). The van der Waals surface area contributed by atoms with E-state index in [1.54, 1.807) is 0 Å². The largest absolute Gasteiger partial charge is 0.550 e. The molecule has 1 heterocycles. The number of hydrogen-bond acceptors (Lipinski definition) is 3. The number of benzene rings is 2. The highest BCUT2D eigenvalue weighted by atomic mass is 16.4. The summed E-state index contributed by atoms with van der Waals surface area (Å²) in [5.41, 5.74) is 2.28. The molecule has 1 saturated heterocycles. The third-order valence-corrected chi connectivity index (χ3v) is 4.29. The van der Waals surface area contributed by atoms with Crippen molar-refractivity contribution in [3.63, 3.8) is 0 Å².